The number of hydrogen-bond donors (Lipinski definition) is 1. The topological polar surface area (TPSA) is 38.7 Å². The summed E-state index contributed by atoms with van der Waals surface area (Å²) in [7, 11) is 0. The second kappa shape index (κ2) is 2.89. The van der Waals surface area contributed by atoms with E-state index in [9.17, 15) is 5.11 Å². The van der Waals surface area contributed by atoms with E-state index in [-0.39, 0.29) is 6.29 Å². The lowest BCUT2D eigenvalue weighted by Crippen LogP contribution is -2.29. The fourth-order valence-corrected chi connectivity index (χ4v) is 2.19. The maximum atomic E-state index is 9.66. The molecule has 3 heteroatoms. The van der Waals surface area contributed by atoms with Crippen molar-refractivity contribution in [1.82, 2.24) is 0 Å². The van der Waals surface area contributed by atoms with Crippen molar-refractivity contribution in [2.75, 3.05) is 6.61 Å². The molecule has 0 saturated carbocycles. The summed E-state index contributed by atoms with van der Waals surface area (Å²) in [6.45, 7) is 0.768. The SMILES string of the molecule is Oc1cccc2c1CC1CCOC1O2. The molecule has 2 atom stereocenters. The molecule has 3 rings (SSSR count). The summed E-state index contributed by atoms with van der Waals surface area (Å²) in [5.74, 6) is 1.52. The summed E-state index contributed by atoms with van der Waals surface area (Å²) in [6, 6.07) is 5.38. The van der Waals surface area contributed by atoms with E-state index in [1.165, 1.54) is 0 Å². The van der Waals surface area contributed by atoms with E-state index in [2.05, 4.69) is 0 Å². The molecule has 1 N–H and O–H groups in total. The first-order valence-electron chi connectivity index (χ1n) is 4.94. The van der Waals surface area contributed by atoms with Crippen molar-refractivity contribution in [2.24, 2.45) is 5.92 Å². The van der Waals surface area contributed by atoms with Crippen molar-refractivity contribution in [3.63, 3.8) is 0 Å². The quantitative estimate of drug-likeness (QED) is 0.679. The van der Waals surface area contributed by atoms with Crippen molar-refractivity contribution in [3.8, 4) is 11.5 Å². The van der Waals surface area contributed by atoms with Crippen LogP contribution >= 0.6 is 0 Å². The largest absolute Gasteiger partial charge is 0.508 e. The molecule has 2 aliphatic heterocycles. The number of hydrogen-bond acceptors (Lipinski definition) is 3. The molecule has 2 aliphatic rings. The number of aromatic hydroxyl groups is 1. The van der Waals surface area contributed by atoms with Crippen LogP contribution in [-0.2, 0) is 11.2 Å². The van der Waals surface area contributed by atoms with Gasteiger partial charge in [-0.2, -0.15) is 0 Å². The lowest BCUT2D eigenvalue weighted by atomic mass is 9.94. The number of phenolic OH excluding ortho intramolecular Hbond substituents is 1. The van der Waals surface area contributed by atoms with Crippen LogP contribution in [0, 0.1) is 5.92 Å². The molecule has 2 heterocycles. The van der Waals surface area contributed by atoms with Crippen molar-refractivity contribution in [2.45, 2.75) is 19.1 Å². The zero-order valence-corrected chi connectivity index (χ0v) is 7.77. The third-order valence-electron chi connectivity index (χ3n) is 2.97. The first-order valence-corrected chi connectivity index (χ1v) is 4.94. The Morgan fingerprint density at radius 2 is 2.29 bits per heavy atom. The van der Waals surface area contributed by atoms with Crippen molar-refractivity contribution < 1.29 is 14.6 Å². The van der Waals surface area contributed by atoms with Gasteiger partial charge in [-0.3, -0.25) is 0 Å². The molecular formula is C11H12O3. The van der Waals surface area contributed by atoms with Gasteiger partial charge in [-0.25, -0.2) is 0 Å². The predicted octanol–water partition coefficient (Wildman–Crippen LogP) is 1.69. The Kier molecular flexibility index (Phi) is 1.67. The van der Waals surface area contributed by atoms with Crippen molar-refractivity contribution in [3.05, 3.63) is 23.8 Å². The summed E-state index contributed by atoms with van der Waals surface area (Å²) in [5.41, 5.74) is 0.930. The second-order valence-corrected chi connectivity index (χ2v) is 3.86. The second-order valence-electron chi connectivity index (χ2n) is 3.86. The van der Waals surface area contributed by atoms with Crippen molar-refractivity contribution >= 4 is 0 Å². The van der Waals surface area contributed by atoms with Crippen LogP contribution in [-0.4, -0.2) is 18.0 Å². The fraction of sp³-hybridized carbons (Fsp3) is 0.455. The molecule has 0 aliphatic carbocycles. The van der Waals surface area contributed by atoms with Gasteiger partial charge in [-0.1, -0.05) is 6.07 Å². The molecule has 3 nitrogen and oxygen atoms in total. The zero-order valence-electron chi connectivity index (χ0n) is 7.77. The third-order valence-corrected chi connectivity index (χ3v) is 2.97. The Morgan fingerprint density at radius 3 is 3.21 bits per heavy atom. The molecule has 1 saturated heterocycles. The average molecular weight is 192 g/mol. The number of ether oxygens (including phenoxy) is 2. The van der Waals surface area contributed by atoms with E-state index >= 15 is 0 Å². The van der Waals surface area contributed by atoms with Crippen LogP contribution in [0.1, 0.15) is 12.0 Å². The van der Waals surface area contributed by atoms with Crippen molar-refractivity contribution in [1.29, 1.82) is 0 Å². The number of fused-ring (bicyclic) bond motifs is 2. The highest BCUT2D eigenvalue weighted by Crippen LogP contribution is 2.39. The van der Waals surface area contributed by atoms with Gasteiger partial charge in [-0.15, -0.1) is 0 Å². The summed E-state index contributed by atoms with van der Waals surface area (Å²) >= 11 is 0. The van der Waals surface area contributed by atoms with Crippen LogP contribution in [0.5, 0.6) is 11.5 Å². The minimum Gasteiger partial charge on any atom is -0.508 e. The van der Waals surface area contributed by atoms with Crippen LogP contribution in [0.2, 0.25) is 0 Å². The number of rotatable bonds is 0. The lowest BCUT2D eigenvalue weighted by Gasteiger charge is -2.27. The molecule has 0 radical (unpaired) electrons. The van der Waals surface area contributed by atoms with Crippen LogP contribution in [0.15, 0.2) is 18.2 Å². The van der Waals surface area contributed by atoms with E-state index in [1.54, 1.807) is 12.1 Å². The van der Waals surface area contributed by atoms with Crippen LogP contribution in [0.25, 0.3) is 0 Å². The number of phenols is 1. The van der Waals surface area contributed by atoms with E-state index < -0.39 is 0 Å². The summed E-state index contributed by atoms with van der Waals surface area (Å²) in [4.78, 5) is 0. The first kappa shape index (κ1) is 8.12. The molecule has 0 amide bonds. The maximum Gasteiger partial charge on any atom is 0.203 e. The first-order chi connectivity index (χ1) is 6.84. The van der Waals surface area contributed by atoms with Gasteiger partial charge in [0.1, 0.15) is 11.5 Å². The average Bonchev–Trinajstić information content (AvgIpc) is 2.62. The van der Waals surface area contributed by atoms with Crippen LogP contribution in [0.4, 0.5) is 0 Å². The smallest absolute Gasteiger partial charge is 0.203 e. The van der Waals surface area contributed by atoms with Crippen LogP contribution in [0.3, 0.4) is 0 Å². The van der Waals surface area contributed by atoms with E-state index in [1.807, 2.05) is 6.07 Å². The molecule has 1 aromatic carbocycles. The highest BCUT2D eigenvalue weighted by Gasteiger charge is 2.35. The van der Waals surface area contributed by atoms with E-state index in [4.69, 9.17) is 9.47 Å². The van der Waals surface area contributed by atoms with Gasteiger partial charge in [0.2, 0.25) is 6.29 Å². The minimum atomic E-state index is -0.0932. The molecular weight excluding hydrogens is 180 g/mol. The third kappa shape index (κ3) is 1.09. The molecule has 1 fully saturated rings. The molecule has 2 unspecified atom stereocenters. The molecule has 0 aromatic heterocycles. The number of benzene rings is 1. The standard InChI is InChI=1S/C11H12O3/c12-9-2-1-3-10-8(9)6-7-4-5-13-11(7)14-10/h1-3,7,11-12H,4-6H2. The molecule has 74 valence electrons. The van der Waals surface area contributed by atoms with Gasteiger partial charge in [0.05, 0.1) is 6.61 Å². The normalized spacial score (nSPS) is 29.1. The Hall–Kier alpha value is -1.22. The summed E-state index contributed by atoms with van der Waals surface area (Å²) in [5, 5.41) is 9.66. The van der Waals surface area contributed by atoms with Gasteiger partial charge in [0.25, 0.3) is 0 Å². The monoisotopic (exact) mass is 192 g/mol. The van der Waals surface area contributed by atoms with Crippen LogP contribution < -0.4 is 4.74 Å². The highest BCUT2D eigenvalue weighted by atomic mass is 16.7. The Bertz CT molecular complexity index is 362. The Morgan fingerprint density at radius 1 is 1.36 bits per heavy atom. The molecule has 0 bridgehead atoms. The Balaban J connectivity index is 2.01. The van der Waals surface area contributed by atoms with Gasteiger partial charge < -0.3 is 14.6 Å². The zero-order chi connectivity index (χ0) is 9.54. The summed E-state index contributed by atoms with van der Waals surface area (Å²) in [6.07, 6.45) is 1.80. The molecule has 0 spiro atoms. The Labute approximate surface area is 82.3 Å². The fourth-order valence-electron chi connectivity index (χ4n) is 2.19. The van der Waals surface area contributed by atoms with Gasteiger partial charge in [0, 0.05) is 11.5 Å². The van der Waals surface area contributed by atoms with Gasteiger partial charge >= 0.3 is 0 Å². The molecule has 1 aromatic rings. The van der Waals surface area contributed by atoms with E-state index in [0.717, 1.165) is 30.8 Å². The minimum absolute atomic E-state index is 0.0932. The van der Waals surface area contributed by atoms with Gasteiger partial charge in [-0.05, 0) is 25.0 Å². The molecule has 14 heavy (non-hydrogen) atoms. The van der Waals surface area contributed by atoms with E-state index in [0.29, 0.717) is 11.7 Å². The highest BCUT2D eigenvalue weighted by molar-refractivity contribution is 5.45. The predicted molar refractivity (Wildman–Crippen MR) is 50.3 cm³/mol. The van der Waals surface area contributed by atoms with Gasteiger partial charge in [0.15, 0.2) is 0 Å². The maximum absolute atomic E-state index is 9.66. The lowest BCUT2D eigenvalue weighted by molar-refractivity contribution is -0.0701. The summed E-state index contributed by atoms with van der Waals surface area (Å²) < 4.78 is 11.1.